The molecule has 3 nitrogen and oxygen atoms in total. The SMILES string of the molecule is Cc1cc(Cl)ccc1NC(=O)c1ccnc(F)c1. The van der Waals surface area contributed by atoms with Crippen molar-refractivity contribution in [3.63, 3.8) is 0 Å². The topological polar surface area (TPSA) is 42.0 Å². The third-order valence-corrected chi connectivity index (χ3v) is 2.66. The summed E-state index contributed by atoms with van der Waals surface area (Å²) in [4.78, 5) is 15.3. The van der Waals surface area contributed by atoms with Gasteiger partial charge in [-0.1, -0.05) is 11.6 Å². The first-order valence-electron chi connectivity index (χ1n) is 5.25. The molecule has 18 heavy (non-hydrogen) atoms. The summed E-state index contributed by atoms with van der Waals surface area (Å²) in [5, 5.41) is 3.29. The van der Waals surface area contributed by atoms with Gasteiger partial charge in [0.2, 0.25) is 5.95 Å². The fraction of sp³-hybridized carbons (Fsp3) is 0.0769. The van der Waals surface area contributed by atoms with Gasteiger partial charge >= 0.3 is 0 Å². The minimum atomic E-state index is -0.685. The lowest BCUT2D eigenvalue weighted by Crippen LogP contribution is -2.13. The van der Waals surface area contributed by atoms with Crippen molar-refractivity contribution in [2.24, 2.45) is 0 Å². The minimum absolute atomic E-state index is 0.219. The molecule has 0 atom stereocenters. The second-order valence-corrected chi connectivity index (χ2v) is 4.22. The molecule has 0 aliphatic carbocycles. The van der Waals surface area contributed by atoms with Crippen molar-refractivity contribution in [1.29, 1.82) is 0 Å². The summed E-state index contributed by atoms with van der Waals surface area (Å²) in [6.45, 7) is 1.83. The number of carbonyl (C=O) groups is 1. The van der Waals surface area contributed by atoms with Gasteiger partial charge in [-0.25, -0.2) is 4.98 Å². The van der Waals surface area contributed by atoms with Crippen LogP contribution in [0.3, 0.4) is 0 Å². The molecule has 2 rings (SSSR count). The Bertz CT molecular complexity index is 601. The van der Waals surface area contributed by atoms with Gasteiger partial charge in [0.15, 0.2) is 0 Å². The van der Waals surface area contributed by atoms with E-state index >= 15 is 0 Å². The molecule has 0 saturated heterocycles. The summed E-state index contributed by atoms with van der Waals surface area (Å²) < 4.78 is 12.9. The number of halogens is 2. The van der Waals surface area contributed by atoms with Crippen molar-refractivity contribution in [2.45, 2.75) is 6.92 Å². The number of aryl methyl sites for hydroxylation is 1. The number of hydrogen-bond donors (Lipinski definition) is 1. The lowest BCUT2D eigenvalue weighted by atomic mass is 10.2. The smallest absolute Gasteiger partial charge is 0.255 e. The molecule has 1 aromatic carbocycles. The summed E-state index contributed by atoms with van der Waals surface area (Å²) in [5.41, 5.74) is 1.70. The number of nitrogens with zero attached hydrogens (tertiary/aromatic N) is 1. The van der Waals surface area contributed by atoms with Crippen LogP contribution in [0.1, 0.15) is 15.9 Å². The van der Waals surface area contributed by atoms with Crippen LogP contribution >= 0.6 is 11.6 Å². The Morgan fingerprint density at radius 1 is 1.33 bits per heavy atom. The molecule has 5 heteroatoms. The average Bonchev–Trinajstić information content (AvgIpc) is 2.32. The molecule has 0 bridgehead atoms. The Balaban J connectivity index is 2.21. The molecule has 92 valence electrons. The Kier molecular flexibility index (Phi) is 3.58. The van der Waals surface area contributed by atoms with Crippen LogP contribution in [0.5, 0.6) is 0 Å². The van der Waals surface area contributed by atoms with E-state index in [0.29, 0.717) is 10.7 Å². The van der Waals surface area contributed by atoms with Gasteiger partial charge in [-0.15, -0.1) is 0 Å². The first-order valence-corrected chi connectivity index (χ1v) is 5.63. The molecule has 1 N–H and O–H groups in total. The van der Waals surface area contributed by atoms with E-state index in [4.69, 9.17) is 11.6 Å². The molecule has 0 aliphatic rings. The Morgan fingerprint density at radius 2 is 2.11 bits per heavy atom. The molecular formula is C13H10ClFN2O. The second kappa shape index (κ2) is 5.14. The third kappa shape index (κ3) is 2.84. The summed E-state index contributed by atoms with van der Waals surface area (Å²) >= 11 is 5.82. The zero-order valence-electron chi connectivity index (χ0n) is 9.58. The molecule has 0 spiro atoms. The summed E-state index contributed by atoms with van der Waals surface area (Å²) in [6.07, 6.45) is 1.25. The monoisotopic (exact) mass is 264 g/mol. The van der Waals surface area contributed by atoms with Crippen molar-refractivity contribution in [2.75, 3.05) is 5.32 Å². The van der Waals surface area contributed by atoms with Crippen molar-refractivity contribution < 1.29 is 9.18 Å². The highest BCUT2D eigenvalue weighted by Crippen LogP contribution is 2.20. The van der Waals surface area contributed by atoms with Crippen molar-refractivity contribution in [3.8, 4) is 0 Å². The van der Waals surface area contributed by atoms with E-state index in [1.165, 1.54) is 12.3 Å². The van der Waals surface area contributed by atoms with Crippen molar-refractivity contribution in [3.05, 3.63) is 58.6 Å². The summed E-state index contributed by atoms with van der Waals surface area (Å²) in [7, 11) is 0. The normalized spacial score (nSPS) is 10.2. The van der Waals surface area contributed by atoms with Crippen molar-refractivity contribution in [1.82, 2.24) is 4.98 Å². The Morgan fingerprint density at radius 3 is 2.78 bits per heavy atom. The zero-order valence-corrected chi connectivity index (χ0v) is 10.3. The number of aromatic nitrogens is 1. The predicted molar refractivity (Wildman–Crippen MR) is 68.3 cm³/mol. The maximum absolute atomic E-state index is 12.9. The van der Waals surface area contributed by atoms with Crippen molar-refractivity contribution >= 4 is 23.2 Å². The number of nitrogens with one attached hydrogen (secondary N) is 1. The average molecular weight is 265 g/mol. The number of benzene rings is 1. The lowest BCUT2D eigenvalue weighted by Gasteiger charge is -2.08. The van der Waals surface area contributed by atoms with E-state index in [1.807, 2.05) is 6.92 Å². The fourth-order valence-corrected chi connectivity index (χ4v) is 1.73. The second-order valence-electron chi connectivity index (χ2n) is 3.78. The number of amides is 1. The first-order chi connectivity index (χ1) is 8.56. The molecule has 0 saturated carbocycles. The number of carbonyl (C=O) groups excluding carboxylic acids is 1. The van der Waals surface area contributed by atoms with Crippen LogP contribution in [-0.2, 0) is 0 Å². The summed E-state index contributed by atoms with van der Waals surface area (Å²) in [5.74, 6) is -1.07. The highest BCUT2D eigenvalue weighted by molar-refractivity contribution is 6.30. The lowest BCUT2D eigenvalue weighted by molar-refractivity contribution is 0.102. The first kappa shape index (κ1) is 12.5. The molecule has 1 amide bonds. The highest BCUT2D eigenvalue weighted by atomic mass is 35.5. The number of pyridine rings is 1. The van der Waals surface area contributed by atoms with E-state index in [9.17, 15) is 9.18 Å². The maximum Gasteiger partial charge on any atom is 0.255 e. The van der Waals surface area contributed by atoms with Crippen LogP contribution < -0.4 is 5.32 Å². The number of rotatable bonds is 2. The van der Waals surface area contributed by atoms with Gasteiger partial charge < -0.3 is 5.32 Å². The van der Waals surface area contributed by atoms with Gasteiger partial charge in [0, 0.05) is 28.5 Å². The van der Waals surface area contributed by atoms with Crippen LogP contribution in [-0.4, -0.2) is 10.9 Å². The van der Waals surface area contributed by atoms with E-state index in [1.54, 1.807) is 18.2 Å². The predicted octanol–water partition coefficient (Wildman–Crippen LogP) is 3.43. The van der Waals surface area contributed by atoms with E-state index < -0.39 is 5.95 Å². The molecule has 0 fully saturated rings. The molecule has 1 aromatic heterocycles. The van der Waals surface area contributed by atoms with Crippen LogP contribution in [0.15, 0.2) is 36.5 Å². The van der Waals surface area contributed by atoms with E-state index in [2.05, 4.69) is 10.3 Å². The van der Waals surface area contributed by atoms with Gasteiger partial charge in [-0.3, -0.25) is 4.79 Å². The quantitative estimate of drug-likeness (QED) is 0.845. The minimum Gasteiger partial charge on any atom is -0.322 e. The maximum atomic E-state index is 12.9. The van der Waals surface area contributed by atoms with Gasteiger partial charge in [-0.05, 0) is 36.8 Å². The van der Waals surface area contributed by atoms with Crippen LogP contribution in [0.4, 0.5) is 10.1 Å². The van der Waals surface area contributed by atoms with Gasteiger partial charge in [0.25, 0.3) is 5.91 Å². The van der Waals surface area contributed by atoms with E-state index in [0.717, 1.165) is 11.6 Å². The number of anilines is 1. The molecule has 0 aliphatic heterocycles. The third-order valence-electron chi connectivity index (χ3n) is 2.43. The Hall–Kier alpha value is -1.94. The molecule has 2 aromatic rings. The molecule has 0 radical (unpaired) electrons. The highest BCUT2D eigenvalue weighted by Gasteiger charge is 2.08. The Labute approximate surface area is 109 Å². The molecule has 0 unspecified atom stereocenters. The standard InChI is InChI=1S/C13H10ClFN2O/c1-8-6-10(14)2-3-11(8)17-13(18)9-4-5-16-12(15)7-9/h2-7H,1H3,(H,17,18). The molecule has 1 heterocycles. The van der Waals surface area contributed by atoms with Crippen LogP contribution in [0.25, 0.3) is 0 Å². The zero-order chi connectivity index (χ0) is 13.1. The summed E-state index contributed by atoms with van der Waals surface area (Å²) in [6, 6.07) is 7.65. The number of hydrogen-bond acceptors (Lipinski definition) is 2. The van der Waals surface area contributed by atoms with Gasteiger partial charge in [-0.2, -0.15) is 4.39 Å². The van der Waals surface area contributed by atoms with E-state index in [-0.39, 0.29) is 11.5 Å². The largest absolute Gasteiger partial charge is 0.322 e. The van der Waals surface area contributed by atoms with Gasteiger partial charge in [0.05, 0.1) is 0 Å². The fourth-order valence-electron chi connectivity index (χ4n) is 1.51. The van der Waals surface area contributed by atoms with Crippen LogP contribution in [0.2, 0.25) is 5.02 Å². The molecular weight excluding hydrogens is 255 g/mol. The van der Waals surface area contributed by atoms with Crippen LogP contribution in [0, 0.1) is 12.9 Å². The van der Waals surface area contributed by atoms with Gasteiger partial charge in [0.1, 0.15) is 0 Å².